The Morgan fingerprint density at radius 3 is 2.10 bits per heavy atom. The van der Waals surface area contributed by atoms with E-state index in [4.69, 9.17) is 10.2 Å². The van der Waals surface area contributed by atoms with Crippen molar-refractivity contribution in [3.63, 3.8) is 0 Å². The predicted molar refractivity (Wildman–Crippen MR) is 76.1 cm³/mol. The van der Waals surface area contributed by atoms with Crippen LogP contribution < -0.4 is 0 Å². The van der Waals surface area contributed by atoms with Gasteiger partial charge in [-0.3, -0.25) is 0 Å². The van der Waals surface area contributed by atoms with Crippen molar-refractivity contribution in [1.82, 2.24) is 4.31 Å². The largest absolute Gasteiger partial charge is 0.465 e. The molecular weight excluding hydrogens is 298 g/mol. The van der Waals surface area contributed by atoms with Crippen molar-refractivity contribution in [2.45, 2.75) is 5.75 Å². The van der Waals surface area contributed by atoms with E-state index in [0.717, 1.165) is 4.31 Å². The minimum atomic E-state index is -3.64. The molecule has 0 bridgehead atoms. The first kappa shape index (κ1) is 17.6. The van der Waals surface area contributed by atoms with Crippen LogP contribution in [0.2, 0.25) is 0 Å². The summed E-state index contributed by atoms with van der Waals surface area (Å²) < 4.78 is 29.9. The summed E-state index contributed by atoms with van der Waals surface area (Å²) in [5.41, 5.74) is 0.838. The van der Waals surface area contributed by atoms with E-state index >= 15 is 0 Å². The highest BCUT2D eigenvalue weighted by molar-refractivity contribution is 7.88. The third kappa shape index (κ3) is 5.09. The number of aliphatic hydroxyl groups excluding tert-OH is 2. The number of benzene rings is 1. The lowest BCUT2D eigenvalue weighted by atomic mass is 10.1. The Kier molecular flexibility index (Phi) is 6.76. The molecule has 8 heteroatoms. The van der Waals surface area contributed by atoms with Gasteiger partial charge in [0.25, 0.3) is 0 Å². The summed E-state index contributed by atoms with van der Waals surface area (Å²) in [6, 6.07) is 6.03. The molecule has 21 heavy (non-hydrogen) atoms. The molecule has 0 aromatic heterocycles. The second-order valence-electron chi connectivity index (χ2n) is 4.29. The number of nitrogens with zero attached hydrogens (tertiary/aromatic N) is 1. The number of aliphatic hydroxyl groups is 2. The Bertz CT molecular complexity index is 549. The molecule has 0 saturated carbocycles. The van der Waals surface area contributed by atoms with Crippen molar-refractivity contribution in [1.29, 1.82) is 0 Å². The van der Waals surface area contributed by atoms with Crippen LogP contribution in [0.5, 0.6) is 0 Å². The average Bonchev–Trinajstić information content (AvgIpc) is 2.46. The first-order valence-corrected chi connectivity index (χ1v) is 7.92. The van der Waals surface area contributed by atoms with Crippen LogP contribution in [0.15, 0.2) is 24.3 Å². The molecule has 2 N–H and O–H groups in total. The SMILES string of the molecule is COC(=O)c1ccc(CS(=O)(=O)N(CCO)CCO)cc1. The molecular formula is C13H19NO6S. The maximum atomic E-state index is 12.2. The number of methoxy groups -OCH3 is 1. The second-order valence-corrected chi connectivity index (χ2v) is 6.26. The highest BCUT2D eigenvalue weighted by Crippen LogP contribution is 2.12. The first-order valence-electron chi connectivity index (χ1n) is 6.31. The monoisotopic (exact) mass is 317 g/mol. The van der Waals surface area contributed by atoms with Gasteiger partial charge in [0.2, 0.25) is 10.0 Å². The third-order valence-electron chi connectivity index (χ3n) is 2.82. The lowest BCUT2D eigenvalue weighted by Gasteiger charge is -2.20. The highest BCUT2D eigenvalue weighted by Gasteiger charge is 2.21. The number of hydrogen-bond donors (Lipinski definition) is 2. The van der Waals surface area contributed by atoms with E-state index < -0.39 is 16.0 Å². The van der Waals surface area contributed by atoms with Gasteiger partial charge in [-0.2, -0.15) is 4.31 Å². The number of ether oxygens (including phenoxy) is 1. The van der Waals surface area contributed by atoms with E-state index in [0.29, 0.717) is 11.1 Å². The van der Waals surface area contributed by atoms with Crippen LogP contribution in [0, 0.1) is 0 Å². The first-order chi connectivity index (χ1) is 9.94. The van der Waals surface area contributed by atoms with Crippen LogP contribution >= 0.6 is 0 Å². The fourth-order valence-corrected chi connectivity index (χ4v) is 3.29. The Morgan fingerprint density at radius 1 is 1.14 bits per heavy atom. The van der Waals surface area contributed by atoms with E-state index in [1.165, 1.54) is 31.4 Å². The Hall–Kier alpha value is -1.48. The van der Waals surface area contributed by atoms with Gasteiger partial charge in [0.15, 0.2) is 0 Å². The van der Waals surface area contributed by atoms with Crippen molar-refractivity contribution >= 4 is 16.0 Å². The van der Waals surface area contributed by atoms with E-state index in [9.17, 15) is 13.2 Å². The summed E-state index contributed by atoms with van der Waals surface area (Å²) in [7, 11) is -2.37. The number of rotatable bonds is 8. The molecule has 1 aromatic rings. The third-order valence-corrected chi connectivity index (χ3v) is 4.67. The number of esters is 1. The van der Waals surface area contributed by atoms with Crippen molar-refractivity contribution in [2.24, 2.45) is 0 Å². The van der Waals surface area contributed by atoms with Gasteiger partial charge in [-0.25, -0.2) is 13.2 Å². The topological polar surface area (TPSA) is 104 Å². The fourth-order valence-electron chi connectivity index (χ4n) is 1.77. The van der Waals surface area contributed by atoms with Crippen molar-refractivity contribution in [3.05, 3.63) is 35.4 Å². The smallest absolute Gasteiger partial charge is 0.337 e. The van der Waals surface area contributed by atoms with Crippen molar-refractivity contribution < 1.29 is 28.2 Å². The van der Waals surface area contributed by atoms with Crippen LogP contribution in [0.4, 0.5) is 0 Å². The zero-order chi connectivity index (χ0) is 15.9. The zero-order valence-electron chi connectivity index (χ0n) is 11.7. The van der Waals surface area contributed by atoms with Gasteiger partial charge in [0, 0.05) is 13.1 Å². The van der Waals surface area contributed by atoms with Crippen LogP contribution in [0.3, 0.4) is 0 Å². The molecule has 0 spiro atoms. The van der Waals surface area contributed by atoms with Crippen LogP contribution in [-0.2, 0) is 20.5 Å². The number of carbonyl (C=O) groups is 1. The quantitative estimate of drug-likeness (QED) is 0.632. The van der Waals surface area contributed by atoms with Crippen molar-refractivity contribution in [3.8, 4) is 0 Å². The summed E-state index contributed by atoms with van der Waals surface area (Å²) in [5, 5.41) is 17.8. The number of carbonyl (C=O) groups excluding carboxylic acids is 1. The molecule has 7 nitrogen and oxygen atoms in total. The molecule has 118 valence electrons. The maximum Gasteiger partial charge on any atom is 0.337 e. The standard InChI is InChI=1S/C13H19NO6S/c1-20-13(17)12-4-2-11(3-5-12)10-21(18,19)14(6-8-15)7-9-16/h2-5,15-16H,6-10H2,1H3. The average molecular weight is 317 g/mol. The van der Waals surface area contributed by atoms with Crippen LogP contribution in [0.25, 0.3) is 0 Å². The molecule has 0 heterocycles. The lowest BCUT2D eigenvalue weighted by Crippen LogP contribution is -2.36. The van der Waals surface area contributed by atoms with Gasteiger partial charge in [0.05, 0.1) is 31.6 Å². The van der Waals surface area contributed by atoms with E-state index in [1.807, 2.05) is 0 Å². The predicted octanol–water partition coefficient (Wildman–Crippen LogP) is -0.410. The maximum absolute atomic E-state index is 12.2. The molecule has 0 aliphatic rings. The number of sulfonamides is 1. The summed E-state index contributed by atoms with van der Waals surface area (Å²) in [4.78, 5) is 11.3. The lowest BCUT2D eigenvalue weighted by molar-refractivity contribution is 0.0600. The molecule has 0 aliphatic carbocycles. The van der Waals surface area contributed by atoms with E-state index in [-0.39, 0.29) is 32.1 Å². The molecule has 0 amide bonds. The molecule has 1 rings (SSSR count). The summed E-state index contributed by atoms with van der Waals surface area (Å²) >= 11 is 0. The summed E-state index contributed by atoms with van der Waals surface area (Å²) in [5.74, 6) is -0.763. The van der Waals surface area contributed by atoms with Gasteiger partial charge in [-0.1, -0.05) is 12.1 Å². The van der Waals surface area contributed by atoms with Gasteiger partial charge < -0.3 is 14.9 Å². The molecule has 0 saturated heterocycles. The van der Waals surface area contributed by atoms with Gasteiger partial charge in [-0.15, -0.1) is 0 Å². The molecule has 0 atom stereocenters. The Labute approximate surface area is 123 Å². The molecule has 0 fully saturated rings. The van der Waals surface area contributed by atoms with Gasteiger partial charge in [-0.05, 0) is 17.7 Å². The van der Waals surface area contributed by atoms with Crippen LogP contribution in [-0.4, -0.2) is 62.3 Å². The second kappa shape index (κ2) is 8.08. The van der Waals surface area contributed by atoms with Gasteiger partial charge in [0.1, 0.15) is 0 Å². The molecule has 0 radical (unpaired) electrons. The normalized spacial score (nSPS) is 11.6. The zero-order valence-corrected chi connectivity index (χ0v) is 12.5. The Morgan fingerprint density at radius 2 is 1.67 bits per heavy atom. The molecule has 1 aromatic carbocycles. The molecule has 0 aliphatic heterocycles. The molecule has 0 unspecified atom stereocenters. The Balaban J connectivity index is 2.85. The summed E-state index contributed by atoms with van der Waals surface area (Å²) in [6.07, 6.45) is 0. The van der Waals surface area contributed by atoms with Crippen molar-refractivity contribution in [2.75, 3.05) is 33.4 Å². The van der Waals surface area contributed by atoms with Gasteiger partial charge >= 0.3 is 5.97 Å². The van der Waals surface area contributed by atoms with E-state index in [1.54, 1.807) is 0 Å². The minimum Gasteiger partial charge on any atom is -0.465 e. The van der Waals surface area contributed by atoms with Crippen LogP contribution in [0.1, 0.15) is 15.9 Å². The number of hydrogen-bond acceptors (Lipinski definition) is 6. The summed E-state index contributed by atoms with van der Waals surface area (Å²) in [6.45, 7) is -0.771. The van der Waals surface area contributed by atoms with E-state index in [2.05, 4.69) is 4.74 Å². The fraction of sp³-hybridized carbons (Fsp3) is 0.462. The minimum absolute atomic E-state index is 0.0663. The highest BCUT2D eigenvalue weighted by atomic mass is 32.2.